The van der Waals surface area contributed by atoms with Crippen molar-refractivity contribution in [3.8, 4) is 0 Å². The molecule has 0 spiro atoms. The third kappa shape index (κ3) is 26.8. The van der Waals surface area contributed by atoms with Crippen LogP contribution in [0.4, 0.5) is 17.3 Å². The van der Waals surface area contributed by atoms with Crippen LogP contribution in [0, 0.1) is 0 Å². The SMILES string of the molecule is NC(N)=NCCCC(NC(=O)CCC(NC(=O)c1ccc(NCc2cnc3nc(N)[nH]c(=O)c3n2)cc1)C(=O)O)C(=O)NC(CCCN=C(N)N)C(=O)NC(CCCCNC(=S)Nc1ccc(CC2CN(CC(=O)O)CCN(CC(=O)O)CCN2CC(=O)O)cc1)C(=O)O. The minimum absolute atomic E-state index is 0.0116. The zero-order chi connectivity index (χ0) is 68.9. The smallest absolute Gasteiger partial charge is 0.326 e. The number of carboxylic acids is 5. The molecular formula is C57H81N21O15S. The number of aromatic nitrogens is 4. The second-order valence-corrected chi connectivity index (χ2v) is 22.3. The van der Waals surface area contributed by atoms with Crippen LogP contribution in [0.3, 0.4) is 0 Å². The van der Waals surface area contributed by atoms with Gasteiger partial charge in [0.25, 0.3) is 11.5 Å². The van der Waals surface area contributed by atoms with Crippen LogP contribution in [-0.4, -0.2) is 233 Å². The van der Waals surface area contributed by atoms with E-state index in [0.29, 0.717) is 29.9 Å². The van der Waals surface area contributed by atoms with Crippen LogP contribution in [0.15, 0.2) is 69.5 Å². The monoisotopic (exact) mass is 1330 g/mol. The summed E-state index contributed by atoms with van der Waals surface area (Å²) in [5.74, 6) is -9.96. The van der Waals surface area contributed by atoms with Gasteiger partial charge in [-0.15, -0.1) is 0 Å². The fraction of sp³-hybridized carbons (Fsp3) is 0.474. The first kappa shape index (κ1) is 74.3. The number of hydrogen-bond acceptors (Lipinski definition) is 21. The van der Waals surface area contributed by atoms with Crippen molar-refractivity contribution in [1.82, 2.24) is 61.2 Å². The number of rotatable bonds is 37. The highest BCUT2D eigenvalue weighted by atomic mass is 32.1. The van der Waals surface area contributed by atoms with Gasteiger partial charge in [-0.1, -0.05) is 12.1 Å². The summed E-state index contributed by atoms with van der Waals surface area (Å²) in [7, 11) is 0. The van der Waals surface area contributed by atoms with Gasteiger partial charge < -0.3 is 91.4 Å². The van der Waals surface area contributed by atoms with Crippen molar-refractivity contribution in [2.45, 2.75) is 101 Å². The number of guanidine groups is 2. The minimum atomic E-state index is -1.57. The molecule has 5 atom stereocenters. The van der Waals surface area contributed by atoms with Crippen molar-refractivity contribution >= 4 is 111 Å². The van der Waals surface area contributed by atoms with Gasteiger partial charge in [0.2, 0.25) is 23.7 Å². The first-order valence-electron chi connectivity index (χ1n) is 29.8. The molecule has 0 aliphatic carbocycles. The van der Waals surface area contributed by atoms with Gasteiger partial charge in [-0.2, -0.15) is 4.98 Å². The number of fused-ring (bicyclic) bond motifs is 1. The van der Waals surface area contributed by atoms with Crippen LogP contribution in [-0.2, 0) is 51.3 Å². The molecule has 23 N–H and O–H groups in total. The zero-order valence-corrected chi connectivity index (χ0v) is 52.1. The first-order valence-corrected chi connectivity index (χ1v) is 30.2. The predicted molar refractivity (Wildman–Crippen MR) is 347 cm³/mol. The van der Waals surface area contributed by atoms with E-state index in [1.807, 2.05) is 12.1 Å². The fourth-order valence-electron chi connectivity index (χ4n) is 9.83. The number of hydrogen-bond donors (Lipinski definition) is 18. The standard InChI is InChI=1S/C57H81N21O15S/c58-54(59)63-19-3-6-38(70-42(79)17-16-41(53(92)93)72-48(86)33-10-14-34(15-11-33)66-26-36-27-67-47-46(68-36)51(89)75-56(62)74-47)49(87)71-39(7-4-20-64-55(60)61)50(88)73-40(52(90)91)5-1-2-18-65-57(94)69-35-12-8-32(9-13-35)25-37-28-77(30-44(82)83)22-21-76(29-43(80)81)23-24-78(37)31-45(84)85/h8-15,27,37-41,66H,1-7,16-26,28-31H2,(H,70,79)(H,71,87)(H,72,86)(H,73,88)(H,80,81)(H,82,83)(H,84,85)(H,90,91)(H,92,93)(H4,58,59,63)(H4,60,61,64)(H2,65,69,94)(H3,62,67,74,75,89). The van der Waals surface area contributed by atoms with Gasteiger partial charge in [-0.3, -0.25) is 68.0 Å². The van der Waals surface area contributed by atoms with Crippen LogP contribution in [0.5, 0.6) is 0 Å². The molecule has 0 saturated carbocycles. The number of nitrogen functional groups attached to an aromatic ring is 1. The Morgan fingerprint density at radius 1 is 0.649 bits per heavy atom. The number of aliphatic carboxylic acids is 5. The van der Waals surface area contributed by atoms with Gasteiger partial charge in [0.15, 0.2) is 28.2 Å². The molecule has 0 bridgehead atoms. The van der Waals surface area contributed by atoms with Crippen LogP contribution in [0.2, 0.25) is 0 Å². The van der Waals surface area contributed by atoms with Crippen molar-refractivity contribution in [2.24, 2.45) is 32.9 Å². The minimum Gasteiger partial charge on any atom is -0.480 e. The van der Waals surface area contributed by atoms with E-state index in [1.54, 1.807) is 39.0 Å². The third-order valence-electron chi connectivity index (χ3n) is 14.5. The maximum atomic E-state index is 14.1. The summed E-state index contributed by atoms with van der Waals surface area (Å²) in [5.41, 5.74) is 29.4. The van der Waals surface area contributed by atoms with Crippen molar-refractivity contribution in [3.63, 3.8) is 0 Å². The molecule has 4 amide bonds. The summed E-state index contributed by atoms with van der Waals surface area (Å²) < 4.78 is 0. The lowest BCUT2D eigenvalue weighted by Gasteiger charge is -2.33. The zero-order valence-electron chi connectivity index (χ0n) is 51.3. The van der Waals surface area contributed by atoms with Crippen molar-refractivity contribution in [2.75, 3.05) is 88.4 Å². The molecule has 1 aliphatic heterocycles. The van der Waals surface area contributed by atoms with Gasteiger partial charge in [-0.25, -0.2) is 19.6 Å². The summed E-state index contributed by atoms with van der Waals surface area (Å²) in [5, 5.41) is 68.5. The van der Waals surface area contributed by atoms with Crippen LogP contribution in [0.1, 0.15) is 79.4 Å². The number of nitrogens with two attached hydrogens (primary N) is 5. The Labute approximate surface area is 543 Å². The van der Waals surface area contributed by atoms with E-state index in [1.165, 1.54) is 18.3 Å². The summed E-state index contributed by atoms with van der Waals surface area (Å²) in [6, 6.07) is 6.93. The van der Waals surface area contributed by atoms with Gasteiger partial charge in [0, 0.05) is 81.8 Å². The maximum absolute atomic E-state index is 14.1. The molecule has 4 aromatic rings. The highest BCUT2D eigenvalue weighted by Crippen LogP contribution is 2.18. The Morgan fingerprint density at radius 3 is 1.81 bits per heavy atom. The lowest BCUT2D eigenvalue weighted by molar-refractivity contribution is -0.142. The Bertz CT molecular complexity index is 3410. The Hall–Kier alpha value is -10.4. The number of benzene rings is 2. The first-order chi connectivity index (χ1) is 44.7. The summed E-state index contributed by atoms with van der Waals surface area (Å²) in [6.45, 7) is 0.785. The van der Waals surface area contributed by atoms with Crippen LogP contribution < -0.4 is 71.4 Å². The van der Waals surface area contributed by atoms with Crippen molar-refractivity contribution in [3.05, 3.63) is 81.9 Å². The average Bonchev–Trinajstić information content (AvgIpc) is 0.852. The summed E-state index contributed by atoms with van der Waals surface area (Å²) in [4.78, 5) is 155. The molecule has 1 aliphatic rings. The van der Waals surface area contributed by atoms with E-state index in [-0.39, 0.29) is 157 Å². The van der Waals surface area contributed by atoms with E-state index in [9.17, 15) is 73.5 Å². The van der Waals surface area contributed by atoms with Crippen LogP contribution in [0.25, 0.3) is 11.2 Å². The predicted octanol–water partition coefficient (Wildman–Crippen LogP) is -3.24. The molecule has 94 heavy (non-hydrogen) atoms. The molecule has 0 radical (unpaired) electrons. The Balaban J connectivity index is 1.13. The highest BCUT2D eigenvalue weighted by molar-refractivity contribution is 7.80. The van der Waals surface area contributed by atoms with E-state index < -0.39 is 102 Å². The van der Waals surface area contributed by atoms with Crippen LogP contribution >= 0.6 is 12.2 Å². The number of aliphatic imine (C=N–C) groups is 2. The Kier molecular flexibility index (Phi) is 29.9. The number of thiocarbonyl (C=S) groups is 1. The molecule has 3 heterocycles. The van der Waals surface area contributed by atoms with Gasteiger partial charge in [0.1, 0.15) is 24.2 Å². The van der Waals surface area contributed by atoms with E-state index in [4.69, 9.17) is 40.9 Å². The number of aromatic amines is 1. The summed E-state index contributed by atoms with van der Waals surface area (Å²) in [6.07, 6.45) is 1.54. The lowest BCUT2D eigenvalue weighted by atomic mass is 10.0. The number of amides is 4. The number of H-pyrrole nitrogens is 1. The molecule has 1 saturated heterocycles. The molecule has 36 nitrogen and oxygen atoms in total. The van der Waals surface area contributed by atoms with E-state index in [0.717, 1.165) is 5.56 Å². The number of unbranched alkanes of at least 4 members (excludes halogenated alkanes) is 1. The van der Waals surface area contributed by atoms with Gasteiger partial charge in [-0.05, 0) is 112 Å². The molecule has 2 aromatic carbocycles. The van der Waals surface area contributed by atoms with Crippen molar-refractivity contribution < 1.29 is 68.7 Å². The number of carbonyl (C=O) groups is 9. The van der Waals surface area contributed by atoms with E-state index in [2.05, 4.69) is 67.1 Å². The maximum Gasteiger partial charge on any atom is 0.326 e. The second-order valence-electron chi connectivity index (χ2n) is 21.9. The highest BCUT2D eigenvalue weighted by Gasteiger charge is 2.32. The van der Waals surface area contributed by atoms with Crippen molar-refractivity contribution in [1.29, 1.82) is 0 Å². The number of carbonyl (C=O) groups excluding carboxylic acids is 4. The topological polar surface area (TPSA) is 575 Å². The second kappa shape index (κ2) is 37.8. The fourth-order valence-corrected chi connectivity index (χ4v) is 10.1. The third-order valence-corrected chi connectivity index (χ3v) is 14.8. The quantitative estimate of drug-likeness (QED) is 0.00913. The lowest BCUT2D eigenvalue weighted by Crippen LogP contribution is -2.55. The van der Waals surface area contributed by atoms with Gasteiger partial charge in [0.05, 0.1) is 38.1 Å². The normalized spacial score (nSPS) is 15.0. The molecule has 37 heteroatoms. The molecule has 5 unspecified atom stereocenters. The van der Waals surface area contributed by atoms with E-state index >= 15 is 0 Å². The number of anilines is 3. The number of carboxylic acid groups (broad SMARTS) is 5. The number of nitrogens with zero attached hydrogens (tertiary/aromatic N) is 8. The molecule has 1 fully saturated rings. The van der Waals surface area contributed by atoms with Gasteiger partial charge >= 0.3 is 29.8 Å². The Morgan fingerprint density at radius 2 is 1.20 bits per heavy atom. The largest absolute Gasteiger partial charge is 0.480 e. The average molecular weight is 1330 g/mol. The number of nitrogens with one attached hydrogen (secondary N) is 8. The molecular weight excluding hydrogens is 1250 g/mol. The molecule has 5 rings (SSSR count). The molecule has 510 valence electrons. The molecule has 2 aromatic heterocycles. The summed E-state index contributed by atoms with van der Waals surface area (Å²) >= 11 is 5.50.